The van der Waals surface area contributed by atoms with Crippen molar-refractivity contribution in [2.45, 2.75) is 19.8 Å². The number of ether oxygens (including phenoxy) is 1. The van der Waals surface area contributed by atoms with Crippen molar-refractivity contribution in [2.24, 2.45) is 5.92 Å². The van der Waals surface area contributed by atoms with Crippen LogP contribution in [0.4, 0.5) is 17.5 Å². The lowest BCUT2D eigenvalue weighted by Crippen LogP contribution is -2.38. The highest BCUT2D eigenvalue weighted by Crippen LogP contribution is 2.31. The summed E-state index contributed by atoms with van der Waals surface area (Å²) in [5.74, 6) is 3.70. The van der Waals surface area contributed by atoms with Crippen LogP contribution in [0, 0.1) is 12.8 Å². The monoisotopic (exact) mass is 418 g/mol. The summed E-state index contributed by atoms with van der Waals surface area (Å²) >= 11 is 0. The average Bonchev–Trinajstić information content (AvgIpc) is 2.83. The van der Waals surface area contributed by atoms with Crippen molar-refractivity contribution in [3.63, 3.8) is 0 Å². The number of hydrogen-bond acceptors (Lipinski definition) is 7. The molecule has 0 atom stereocenters. The van der Waals surface area contributed by atoms with Crippen molar-refractivity contribution in [1.29, 1.82) is 0 Å². The summed E-state index contributed by atoms with van der Waals surface area (Å²) in [5, 5.41) is 4.66. The van der Waals surface area contributed by atoms with Gasteiger partial charge in [-0.1, -0.05) is 0 Å². The Morgan fingerprint density at radius 1 is 1.00 bits per heavy atom. The lowest BCUT2D eigenvalue weighted by Gasteiger charge is -2.35. The molecule has 2 fully saturated rings. The van der Waals surface area contributed by atoms with E-state index in [0.29, 0.717) is 5.92 Å². The first-order chi connectivity index (χ1) is 15.3. The molecule has 1 N–H and O–H groups in total. The molecule has 7 heteroatoms. The van der Waals surface area contributed by atoms with E-state index in [1.165, 1.54) is 5.56 Å². The first kappa shape index (κ1) is 20.0. The Morgan fingerprint density at radius 2 is 1.84 bits per heavy atom. The van der Waals surface area contributed by atoms with Crippen LogP contribution in [0.3, 0.4) is 0 Å². The maximum atomic E-state index is 5.52. The summed E-state index contributed by atoms with van der Waals surface area (Å²) < 4.78 is 5.52. The molecule has 3 aromatic heterocycles. The summed E-state index contributed by atoms with van der Waals surface area (Å²) in [5.41, 5.74) is 2.25. The van der Waals surface area contributed by atoms with Crippen LogP contribution in [0.5, 0.6) is 0 Å². The van der Waals surface area contributed by atoms with E-state index in [0.717, 1.165) is 87.1 Å². The van der Waals surface area contributed by atoms with Crippen molar-refractivity contribution < 1.29 is 4.74 Å². The maximum Gasteiger partial charge on any atom is 0.140 e. The molecule has 2 aliphatic heterocycles. The van der Waals surface area contributed by atoms with Crippen LogP contribution in [-0.4, -0.2) is 60.9 Å². The number of morpholine rings is 1. The van der Waals surface area contributed by atoms with Gasteiger partial charge in [0.15, 0.2) is 0 Å². The zero-order valence-corrected chi connectivity index (χ0v) is 18.1. The van der Waals surface area contributed by atoms with Crippen molar-refractivity contribution in [1.82, 2.24) is 15.0 Å². The minimum Gasteiger partial charge on any atom is -0.378 e. The normalized spacial score (nSPS) is 17.8. The molecule has 31 heavy (non-hydrogen) atoms. The molecule has 0 saturated carbocycles. The number of pyridine rings is 3. The number of nitrogens with one attached hydrogen (secondary N) is 1. The first-order valence-electron chi connectivity index (χ1n) is 11.3. The molecule has 162 valence electrons. The minimum atomic E-state index is 0.644. The molecule has 0 bridgehead atoms. The van der Waals surface area contributed by atoms with E-state index in [2.05, 4.69) is 50.2 Å². The van der Waals surface area contributed by atoms with E-state index in [9.17, 15) is 0 Å². The van der Waals surface area contributed by atoms with Gasteiger partial charge in [0.2, 0.25) is 0 Å². The summed E-state index contributed by atoms with van der Waals surface area (Å²) in [6.07, 6.45) is 6.02. The molecule has 7 nitrogen and oxygen atoms in total. The van der Waals surface area contributed by atoms with Gasteiger partial charge in [0.25, 0.3) is 0 Å². The number of hydrogen-bond donors (Lipinski definition) is 1. The quantitative estimate of drug-likeness (QED) is 0.680. The minimum absolute atomic E-state index is 0.644. The zero-order chi connectivity index (χ0) is 21.0. The SMILES string of the molecule is Cc1ccnc(NCC2CCN(c3nc(N4CCOCC4)cc4ncccc34)CC2)c1. The van der Waals surface area contributed by atoms with E-state index in [4.69, 9.17) is 9.72 Å². The molecular weight excluding hydrogens is 388 g/mol. The van der Waals surface area contributed by atoms with Crippen molar-refractivity contribution in [3.05, 3.63) is 48.3 Å². The highest BCUT2D eigenvalue weighted by Gasteiger charge is 2.23. The van der Waals surface area contributed by atoms with E-state index in [1.54, 1.807) is 0 Å². The molecule has 5 heterocycles. The number of piperidine rings is 1. The third-order valence-electron chi connectivity index (χ3n) is 6.30. The average molecular weight is 419 g/mol. The predicted molar refractivity (Wildman–Crippen MR) is 125 cm³/mol. The van der Waals surface area contributed by atoms with Crippen molar-refractivity contribution in [3.8, 4) is 0 Å². The van der Waals surface area contributed by atoms with Crippen LogP contribution < -0.4 is 15.1 Å². The standard InChI is InChI=1S/C24H30N6O/c1-18-4-8-26-22(15-18)27-17-19-5-9-30(10-6-19)24-20-3-2-7-25-21(20)16-23(28-24)29-11-13-31-14-12-29/h2-4,7-8,15-16,19H,5-6,9-14,17H2,1H3,(H,26,27). The molecule has 5 rings (SSSR count). The molecule has 2 aliphatic rings. The van der Waals surface area contributed by atoms with E-state index >= 15 is 0 Å². The summed E-state index contributed by atoms with van der Waals surface area (Å²) in [7, 11) is 0. The number of nitrogens with zero attached hydrogens (tertiary/aromatic N) is 5. The molecule has 0 aromatic carbocycles. The molecule has 0 spiro atoms. The summed E-state index contributed by atoms with van der Waals surface area (Å²) in [6.45, 7) is 8.36. The smallest absolute Gasteiger partial charge is 0.140 e. The number of fused-ring (bicyclic) bond motifs is 1. The van der Waals surface area contributed by atoms with Gasteiger partial charge in [-0.2, -0.15) is 0 Å². The van der Waals surface area contributed by atoms with Gasteiger partial charge in [-0.15, -0.1) is 0 Å². The van der Waals surface area contributed by atoms with Gasteiger partial charge in [0, 0.05) is 56.6 Å². The van der Waals surface area contributed by atoms with Crippen molar-refractivity contribution in [2.75, 3.05) is 61.1 Å². The van der Waals surface area contributed by atoms with E-state index in [-0.39, 0.29) is 0 Å². The molecule has 2 saturated heterocycles. The van der Waals surface area contributed by atoms with Crippen LogP contribution in [0.2, 0.25) is 0 Å². The second-order valence-electron chi connectivity index (χ2n) is 8.50. The van der Waals surface area contributed by atoms with Gasteiger partial charge in [-0.25, -0.2) is 9.97 Å². The Morgan fingerprint density at radius 3 is 2.65 bits per heavy atom. The lowest BCUT2D eigenvalue weighted by molar-refractivity contribution is 0.122. The Kier molecular flexibility index (Phi) is 5.84. The van der Waals surface area contributed by atoms with E-state index < -0.39 is 0 Å². The second kappa shape index (κ2) is 9.06. The third-order valence-corrected chi connectivity index (χ3v) is 6.30. The Labute approximate surface area is 183 Å². The van der Waals surface area contributed by atoms with Gasteiger partial charge in [-0.05, 0) is 55.5 Å². The maximum absolute atomic E-state index is 5.52. The molecule has 0 aliphatic carbocycles. The van der Waals surface area contributed by atoms with E-state index in [1.807, 2.05) is 24.5 Å². The molecule has 0 radical (unpaired) electrons. The van der Waals surface area contributed by atoms with Crippen LogP contribution in [-0.2, 0) is 4.74 Å². The molecule has 3 aromatic rings. The lowest BCUT2D eigenvalue weighted by atomic mass is 9.96. The summed E-state index contributed by atoms with van der Waals surface area (Å²) in [6, 6.07) is 10.4. The highest BCUT2D eigenvalue weighted by molar-refractivity contribution is 5.91. The van der Waals surface area contributed by atoms with Gasteiger partial charge in [0.05, 0.1) is 18.7 Å². The third kappa shape index (κ3) is 4.56. The largest absolute Gasteiger partial charge is 0.378 e. The zero-order valence-electron chi connectivity index (χ0n) is 18.1. The summed E-state index contributed by atoms with van der Waals surface area (Å²) in [4.78, 5) is 18.9. The van der Waals surface area contributed by atoms with Gasteiger partial charge in [0.1, 0.15) is 17.5 Å². The van der Waals surface area contributed by atoms with Crippen LogP contribution in [0.1, 0.15) is 18.4 Å². The van der Waals surface area contributed by atoms with Gasteiger partial charge < -0.3 is 19.9 Å². The molecule has 0 amide bonds. The van der Waals surface area contributed by atoms with Crippen LogP contribution in [0.15, 0.2) is 42.7 Å². The van der Waals surface area contributed by atoms with Crippen LogP contribution in [0.25, 0.3) is 10.9 Å². The number of aryl methyl sites for hydroxylation is 1. The number of anilines is 3. The Balaban J connectivity index is 1.29. The van der Waals surface area contributed by atoms with Gasteiger partial charge >= 0.3 is 0 Å². The molecule has 0 unspecified atom stereocenters. The number of rotatable bonds is 5. The first-order valence-corrected chi connectivity index (χ1v) is 11.3. The fraction of sp³-hybridized carbons (Fsp3) is 0.458. The Bertz CT molecular complexity index is 1030. The Hall–Kier alpha value is -2.93. The topological polar surface area (TPSA) is 66.4 Å². The number of aromatic nitrogens is 3. The highest BCUT2D eigenvalue weighted by atomic mass is 16.5. The fourth-order valence-electron chi connectivity index (χ4n) is 4.47. The predicted octanol–water partition coefficient (Wildman–Crippen LogP) is 3.50. The fourth-order valence-corrected chi connectivity index (χ4v) is 4.47. The molecular formula is C24H30N6O. The second-order valence-corrected chi connectivity index (χ2v) is 8.50. The van der Waals surface area contributed by atoms with Crippen molar-refractivity contribution >= 4 is 28.4 Å². The van der Waals surface area contributed by atoms with Crippen LogP contribution >= 0.6 is 0 Å². The van der Waals surface area contributed by atoms with Gasteiger partial charge in [-0.3, -0.25) is 4.98 Å².